The Balaban J connectivity index is 1.61. The zero-order chi connectivity index (χ0) is 13.7. The van der Waals surface area contributed by atoms with Gasteiger partial charge in [-0.3, -0.25) is 4.68 Å². The average Bonchev–Trinajstić information content (AvgIpc) is 2.86. The first-order valence-electron chi connectivity index (χ1n) is 7.90. The van der Waals surface area contributed by atoms with E-state index < -0.39 is 0 Å². The largest absolute Gasteiger partial charge is 0.311 e. The molecule has 19 heavy (non-hydrogen) atoms. The second-order valence-corrected chi connectivity index (χ2v) is 6.47. The lowest BCUT2D eigenvalue weighted by Crippen LogP contribution is -2.20. The van der Waals surface area contributed by atoms with Crippen LogP contribution in [0.15, 0.2) is 12.3 Å². The van der Waals surface area contributed by atoms with Gasteiger partial charge in [0.05, 0.1) is 5.69 Å². The van der Waals surface area contributed by atoms with Crippen molar-refractivity contribution in [2.75, 3.05) is 6.54 Å². The van der Waals surface area contributed by atoms with Crippen LogP contribution >= 0.6 is 0 Å². The SMILES string of the molecule is CC1CCC(CCNCc2ccn(C(C)C)n2)CC1. The van der Waals surface area contributed by atoms with Crippen LogP contribution in [0.25, 0.3) is 0 Å². The van der Waals surface area contributed by atoms with Crippen molar-refractivity contribution >= 4 is 0 Å². The third kappa shape index (κ3) is 4.64. The lowest BCUT2D eigenvalue weighted by atomic mass is 9.81. The molecule has 1 aliphatic carbocycles. The molecule has 0 amide bonds. The standard InChI is InChI=1S/C16H29N3/c1-13(2)19-11-9-16(18-19)12-17-10-8-15-6-4-14(3)5-7-15/h9,11,13-15,17H,4-8,10,12H2,1-3H3. The molecule has 0 unspecified atom stereocenters. The van der Waals surface area contributed by atoms with Crippen LogP contribution in [0.5, 0.6) is 0 Å². The Morgan fingerprint density at radius 1 is 1.32 bits per heavy atom. The Morgan fingerprint density at radius 3 is 2.68 bits per heavy atom. The Labute approximate surface area is 117 Å². The topological polar surface area (TPSA) is 29.9 Å². The van der Waals surface area contributed by atoms with Gasteiger partial charge < -0.3 is 5.32 Å². The van der Waals surface area contributed by atoms with Crippen molar-refractivity contribution < 1.29 is 0 Å². The minimum absolute atomic E-state index is 0.456. The molecule has 1 heterocycles. The maximum atomic E-state index is 4.56. The van der Waals surface area contributed by atoms with Crippen LogP contribution in [0.4, 0.5) is 0 Å². The van der Waals surface area contributed by atoms with E-state index in [1.807, 2.05) is 4.68 Å². The molecule has 0 spiro atoms. The highest BCUT2D eigenvalue weighted by atomic mass is 15.3. The smallest absolute Gasteiger partial charge is 0.0762 e. The molecule has 1 aromatic rings. The summed E-state index contributed by atoms with van der Waals surface area (Å²) < 4.78 is 2.03. The van der Waals surface area contributed by atoms with Gasteiger partial charge in [-0.25, -0.2) is 0 Å². The van der Waals surface area contributed by atoms with Crippen molar-refractivity contribution in [1.29, 1.82) is 0 Å². The van der Waals surface area contributed by atoms with Gasteiger partial charge in [0.25, 0.3) is 0 Å². The van der Waals surface area contributed by atoms with Gasteiger partial charge in [-0.2, -0.15) is 5.10 Å². The van der Waals surface area contributed by atoms with E-state index in [9.17, 15) is 0 Å². The molecule has 2 rings (SSSR count). The van der Waals surface area contributed by atoms with E-state index in [0.29, 0.717) is 6.04 Å². The molecule has 0 aliphatic heterocycles. The third-order valence-electron chi connectivity index (χ3n) is 4.36. The van der Waals surface area contributed by atoms with E-state index in [4.69, 9.17) is 0 Å². The Hall–Kier alpha value is -0.830. The van der Waals surface area contributed by atoms with E-state index >= 15 is 0 Å². The van der Waals surface area contributed by atoms with Gasteiger partial charge in [0.1, 0.15) is 0 Å². The molecule has 0 aromatic carbocycles. The van der Waals surface area contributed by atoms with E-state index in [0.717, 1.165) is 30.6 Å². The molecule has 0 atom stereocenters. The molecule has 3 heteroatoms. The molecular formula is C16H29N3. The van der Waals surface area contributed by atoms with E-state index in [1.165, 1.54) is 32.1 Å². The second kappa shape index (κ2) is 7.09. The summed E-state index contributed by atoms with van der Waals surface area (Å²) in [5.41, 5.74) is 1.16. The van der Waals surface area contributed by atoms with E-state index in [1.54, 1.807) is 0 Å². The van der Waals surface area contributed by atoms with Gasteiger partial charge in [0, 0.05) is 18.8 Å². The highest BCUT2D eigenvalue weighted by Crippen LogP contribution is 2.29. The maximum Gasteiger partial charge on any atom is 0.0762 e. The van der Waals surface area contributed by atoms with Gasteiger partial charge >= 0.3 is 0 Å². The summed E-state index contributed by atoms with van der Waals surface area (Å²) in [6.45, 7) is 8.75. The fourth-order valence-corrected chi connectivity index (χ4v) is 2.90. The van der Waals surface area contributed by atoms with Crippen LogP contribution in [0, 0.1) is 11.8 Å². The van der Waals surface area contributed by atoms with Crippen molar-refractivity contribution in [2.45, 2.75) is 65.5 Å². The molecule has 1 aromatic heterocycles. The number of hydrogen-bond acceptors (Lipinski definition) is 2. The number of rotatable bonds is 6. The Bertz CT molecular complexity index is 362. The van der Waals surface area contributed by atoms with Crippen LogP contribution in [0.1, 0.15) is 64.6 Å². The van der Waals surface area contributed by atoms with Crippen molar-refractivity contribution in [3.8, 4) is 0 Å². The van der Waals surface area contributed by atoms with Gasteiger partial charge in [-0.1, -0.05) is 32.6 Å². The van der Waals surface area contributed by atoms with Crippen LogP contribution in [0.2, 0.25) is 0 Å². The lowest BCUT2D eigenvalue weighted by Gasteiger charge is -2.26. The first-order valence-corrected chi connectivity index (χ1v) is 7.90. The summed E-state index contributed by atoms with van der Waals surface area (Å²) in [7, 11) is 0. The van der Waals surface area contributed by atoms with Gasteiger partial charge in [-0.15, -0.1) is 0 Å². The average molecular weight is 263 g/mol. The summed E-state index contributed by atoms with van der Waals surface area (Å²) >= 11 is 0. The van der Waals surface area contributed by atoms with Crippen molar-refractivity contribution in [3.05, 3.63) is 18.0 Å². The Kier molecular flexibility index (Phi) is 5.44. The molecule has 0 radical (unpaired) electrons. The fourth-order valence-electron chi connectivity index (χ4n) is 2.90. The summed E-state index contributed by atoms with van der Waals surface area (Å²) in [4.78, 5) is 0. The molecular weight excluding hydrogens is 234 g/mol. The summed E-state index contributed by atoms with van der Waals surface area (Å²) in [5, 5.41) is 8.09. The number of aromatic nitrogens is 2. The Morgan fingerprint density at radius 2 is 2.05 bits per heavy atom. The van der Waals surface area contributed by atoms with Gasteiger partial charge in [0.2, 0.25) is 0 Å². The summed E-state index contributed by atoms with van der Waals surface area (Å²) in [6.07, 6.45) is 9.14. The highest BCUT2D eigenvalue weighted by Gasteiger charge is 2.17. The monoisotopic (exact) mass is 263 g/mol. The first kappa shape index (κ1) is 14.6. The molecule has 3 nitrogen and oxygen atoms in total. The van der Waals surface area contributed by atoms with Crippen LogP contribution in [-0.4, -0.2) is 16.3 Å². The lowest BCUT2D eigenvalue weighted by molar-refractivity contribution is 0.275. The van der Waals surface area contributed by atoms with E-state index in [2.05, 4.69) is 43.4 Å². The fraction of sp³-hybridized carbons (Fsp3) is 0.812. The third-order valence-corrected chi connectivity index (χ3v) is 4.36. The summed E-state index contributed by atoms with van der Waals surface area (Å²) in [5.74, 6) is 1.92. The van der Waals surface area contributed by atoms with Crippen LogP contribution in [-0.2, 0) is 6.54 Å². The predicted molar refractivity (Wildman–Crippen MR) is 80.1 cm³/mol. The molecule has 0 bridgehead atoms. The van der Waals surface area contributed by atoms with Gasteiger partial charge in [-0.05, 0) is 44.7 Å². The minimum atomic E-state index is 0.456. The quantitative estimate of drug-likeness (QED) is 0.792. The normalized spacial score (nSPS) is 24.0. The summed E-state index contributed by atoms with van der Waals surface area (Å²) in [6, 6.07) is 2.58. The minimum Gasteiger partial charge on any atom is -0.311 e. The number of hydrogen-bond donors (Lipinski definition) is 1. The van der Waals surface area contributed by atoms with Crippen molar-refractivity contribution in [3.63, 3.8) is 0 Å². The van der Waals surface area contributed by atoms with Crippen LogP contribution in [0.3, 0.4) is 0 Å². The van der Waals surface area contributed by atoms with Crippen molar-refractivity contribution in [1.82, 2.24) is 15.1 Å². The van der Waals surface area contributed by atoms with E-state index in [-0.39, 0.29) is 0 Å². The predicted octanol–water partition coefficient (Wildman–Crippen LogP) is 3.77. The molecule has 108 valence electrons. The molecule has 1 N–H and O–H groups in total. The number of nitrogens with zero attached hydrogens (tertiary/aromatic N) is 2. The van der Waals surface area contributed by atoms with Gasteiger partial charge in [0.15, 0.2) is 0 Å². The first-order chi connectivity index (χ1) is 9.15. The molecule has 1 fully saturated rings. The second-order valence-electron chi connectivity index (χ2n) is 6.47. The molecule has 1 aliphatic rings. The molecule has 1 saturated carbocycles. The maximum absolute atomic E-state index is 4.56. The van der Waals surface area contributed by atoms with Crippen molar-refractivity contribution in [2.24, 2.45) is 11.8 Å². The highest BCUT2D eigenvalue weighted by molar-refractivity contribution is 4.98. The zero-order valence-corrected chi connectivity index (χ0v) is 12.7. The molecule has 0 saturated heterocycles. The zero-order valence-electron chi connectivity index (χ0n) is 12.7. The van der Waals surface area contributed by atoms with Crippen LogP contribution < -0.4 is 5.32 Å². The number of nitrogens with one attached hydrogen (secondary N) is 1.